The molecule has 1 aliphatic heterocycles. The molecule has 1 N–H and O–H groups in total. The number of rotatable bonds is 7. The molecule has 8 nitrogen and oxygen atoms in total. The number of allylic oxidation sites excluding steroid dienone is 2. The Bertz CT molecular complexity index is 1170. The van der Waals surface area contributed by atoms with E-state index in [9.17, 15) is 14.4 Å². The molecular weight excluding hydrogens is 450 g/mol. The van der Waals surface area contributed by atoms with E-state index >= 15 is 0 Å². The van der Waals surface area contributed by atoms with Gasteiger partial charge in [0.25, 0.3) is 0 Å². The molecule has 2 aromatic carbocycles. The minimum Gasteiger partial charge on any atom is -0.497 e. The van der Waals surface area contributed by atoms with Crippen molar-refractivity contribution in [2.24, 2.45) is 0 Å². The zero-order valence-electron chi connectivity index (χ0n) is 20.2. The number of nitrogens with one attached hydrogen (secondary N) is 1. The highest BCUT2D eigenvalue weighted by molar-refractivity contribution is 5.99. The van der Waals surface area contributed by atoms with Gasteiger partial charge in [0.1, 0.15) is 11.5 Å². The van der Waals surface area contributed by atoms with Crippen LogP contribution in [0.3, 0.4) is 0 Å². The minimum atomic E-state index is -0.712. The number of ether oxygens (including phenoxy) is 4. The highest BCUT2D eigenvalue weighted by Crippen LogP contribution is 2.39. The molecule has 1 heterocycles. The third-order valence-electron chi connectivity index (χ3n) is 5.53. The second kappa shape index (κ2) is 11.2. The zero-order valence-corrected chi connectivity index (χ0v) is 20.2. The number of methoxy groups -OCH3 is 3. The van der Waals surface area contributed by atoms with Gasteiger partial charge in [-0.2, -0.15) is 0 Å². The zero-order chi connectivity index (χ0) is 25.5. The fourth-order valence-electron chi connectivity index (χ4n) is 3.85. The summed E-state index contributed by atoms with van der Waals surface area (Å²) in [7, 11) is 4.15. The molecule has 2 aromatic rings. The van der Waals surface area contributed by atoms with Gasteiger partial charge in [0.15, 0.2) is 0 Å². The third kappa shape index (κ3) is 5.78. The molecule has 0 amide bonds. The maximum Gasteiger partial charge on any atom is 0.336 e. The van der Waals surface area contributed by atoms with Gasteiger partial charge in [-0.25, -0.2) is 14.4 Å². The largest absolute Gasteiger partial charge is 0.497 e. The van der Waals surface area contributed by atoms with E-state index in [1.54, 1.807) is 63.4 Å². The molecule has 0 fully saturated rings. The van der Waals surface area contributed by atoms with Crippen molar-refractivity contribution in [3.63, 3.8) is 0 Å². The normalized spacial score (nSPS) is 14.0. The number of carbonyl (C=O) groups is 3. The van der Waals surface area contributed by atoms with Crippen LogP contribution in [-0.4, -0.2) is 39.2 Å². The molecule has 0 saturated heterocycles. The lowest BCUT2D eigenvalue weighted by molar-refractivity contribution is -0.137. The predicted octanol–water partition coefficient (Wildman–Crippen LogP) is 3.89. The number of hydrogen-bond donors (Lipinski definition) is 1. The van der Waals surface area contributed by atoms with Crippen molar-refractivity contribution in [1.29, 1.82) is 0 Å². The Labute approximate surface area is 203 Å². The summed E-state index contributed by atoms with van der Waals surface area (Å²) in [6.45, 7) is 3.48. The van der Waals surface area contributed by atoms with E-state index in [4.69, 9.17) is 18.9 Å². The summed E-state index contributed by atoms with van der Waals surface area (Å²) in [5, 5.41) is 3.05. The maximum absolute atomic E-state index is 12.6. The average Bonchev–Trinajstić information content (AvgIpc) is 2.87. The van der Waals surface area contributed by atoms with E-state index in [2.05, 4.69) is 5.32 Å². The van der Waals surface area contributed by atoms with Gasteiger partial charge in [0, 0.05) is 17.5 Å². The highest BCUT2D eigenvalue weighted by atomic mass is 16.5. The lowest BCUT2D eigenvalue weighted by Gasteiger charge is -2.30. The van der Waals surface area contributed by atoms with Crippen molar-refractivity contribution in [2.45, 2.75) is 19.8 Å². The molecule has 0 unspecified atom stereocenters. The first-order valence-electron chi connectivity index (χ1n) is 10.8. The van der Waals surface area contributed by atoms with Crippen LogP contribution in [0.25, 0.3) is 6.08 Å². The fraction of sp³-hybridized carbons (Fsp3) is 0.222. The number of benzene rings is 2. The van der Waals surface area contributed by atoms with Gasteiger partial charge in [0.2, 0.25) is 0 Å². The van der Waals surface area contributed by atoms with E-state index in [1.165, 1.54) is 20.3 Å². The Morgan fingerprint density at radius 1 is 0.771 bits per heavy atom. The molecule has 1 aliphatic rings. The van der Waals surface area contributed by atoms with Gasteiger partial charge in [-0.1, -0.05) is 24.3 Å². The van der Waals surface area contributed by atoms with Gasteiger partial charge in [-0.3, -0.25) is 0 Å². The quantitative estimate of drug-likeness (QED) is 0.364. The van der Waals surface area contributed by atoms with Crippen molar-refractivity contribution in [2.75, 3.05) is 21.3 Å². The molecule has 0 radical (unpaired) electrons. The molecule has 182 valence electrons. The molecule has 8 heteroatoms. The summed E-state index contributed by atoms with van der Waals surface area (Å²) >= 11 is 0. The monoisotopic (exact) mass is 477 g/mol. The Balaban J connectivity index is 1.83. The van der Waals surface area contributed by atoms with Gasteiger partial charge >= 0.3 is 17.9 Å². The molecule has 0 spiro atoms. The average molecular weight is 478 g/mol. The summed E-state index contributed by atoms with van der Waals surface area (Å²) in [6, 6.07) is 13.8. The van der Waals surface area contributed by atoms with Crippen LogP contribution in [-0.2, 0) is 23.9 Å². The lowest BCUT2D eigenvalue weighted by Crippen LogP contribution is -2.32. The topological polar surface area (TPSA) is 100 Å². The minimum absolute atomic E-state index is 0.297. The first-order chi connectivity index (χ1) is 16.8. The van der Waals surface area contributed by atoms with Gasteiger partial charge < -0.3 is 24.3 Å². The van der Waals surface area contributed by atoms with Gasteiger partial charge in [-0.15, -0.1) is 0 Å². The Hall–Kier alpha value is -4.33. The molecule has 0 saturated carbocycles. The molecule has 0 bridgehead atoms. The van der Waals surface area contributed by atoms with E-state index in [0.717, 1.165) is 11.3 Å². The number of hydrogen-bond acceptors (Lipinski definition) is 8. The number of dihydropyridines is 1. The van der Waals surface area contributed by atoms with Crippen LogP contribution in [0.4, 0.5) is 0 Å². The highest BCUT2D eigenvalue weighted by Gasteiger charge is 2.37. The summed E-state index contributed by atoms with van der Waals surface area (Å²) in [6.07, 6.45) is 2.96. The van der Waals surface area contributed by atoms with E-state index in [-0.39, 0.29) is 0 Å². The summed E-state index contributed by atoms with van der Waals surface area (Å²) in [5.41, 5.74) is 3.20. The van der Waals surface area contributed by atoms with E-state index < -0.39 is 23.8 Å². The van der Waals surface area contributed by atoms with Crippen LogP contribution in [0.1, 0.15) is 30.9 Å². The van der Waals surface area contributed by atoms with Crippen molar-refractivity contribution < 1.29 is 33.3 Å². The summed E-state index contributed by atoms with van der Waals surface area (Å²) in [4.78, 5) is 37.4. The van der Waals surface area contributed by atoms with E-state index in [0.29, 0.717) is 33.9 Å². The van der Waals surface area contributed by atoms with Crippen molar-refractivity contribution in [1.82, 2.24) is 5.32 Å². The maximum atomic E-state index is 12.6. The molecule has 0 aromatic heterocycles. The molecule has 35 heavy (non-hydrogen) atoms. The first-order valence-corrected chi connectivity index (χ1v) is 10.8. The van der Waals surface area contributed by atoms with Crippen LogP contribution in [0, 0.1) is 0 Å². The number of carbonyl (C=O) groups excluding carboxylic acids is 3. The summed E-state index contributed by atoms with van der Waals surface area (Å²) < 4.78 is 20.4. The predicted molar refractivity (Wildman–Crippen MR) is 129 cm³/mol. The van der Waals surface area contributed by atoms with Gasteiger partial charge in [0.05, 0.1) is 38.4 Å². The van der Waals surface area contributed by atoms with Crippen molar-refractivity contribution in [3.05, 3.63) is 88.3 Å². The Morgan fingerprint density at radius 2 is 1.29 bits per heavy atom. The Morgan fingerprint density at radius 3 is 1.77 bits per heavy atom. The van der Waals surface area contributed by atoms with Crippen LogP contribution in [0.15, 0.2) is 77.1 Å². The molecule has 0 aliphatic carbocycles. The second-order valence-electron chi connectivity index (χ2n) is 7.72. The number of esters is 3. The van der Waals surface area contributed by atoms with Crippen LogP contribution in [0.2, 0.25) is 0 Å². The van der Waals surface area contributed by atoms with Crippen LogP contribution in [0.5, 0.6) is 11.5 Å². The standard InChI is InChI=1S/C27H27NO7/c1-16-23(26(30)33-4)25(24(17(2)28-16)27(31)34-5)19-9-13-21(14-10-19)35-22(29)15-8-18-6-11-20(32-3)12-7-18/h6-15,25,28H,1-5H3. The van der Waals surface area contributed by atoms with Crippen LogP contribution < -0.4 is 14.8 Å². The molecule has 3 rings (SSSR count). The second-order valence-corrected chi connectivity index (χ2v) is 7.72. The fourth-order valence-corrected chi connectivity index (χ4v) is 3.85. The Kier molecular flexibility index (Phi) is 8.09. The third-order valence-corrected chi connectivity index (χ3v) is 5.53. The van der Waals surface area contributed by atoms with Crippen molar-refractivity contribution in [3.8, 4) is 11.5 Å². The van der Waals surface area contributed by atoms with E-state index in [1.807, 2.05) is 12.1 Å². The molecular formula is C27H27NO7. The van der Waals surface area contributed by atoms with Crippen LogP contribution >= 0.6 is 0 Å². The van der Waals surface area contributed by atoms with Gasteiger partial charge in [-0.05, 0) is 55.3 Å². The van der Waals surface area contributed by atoms with Crippen molar-refractivity contribution >= 4 is 24.0 Å². The first kappa shape index (κ1) is 25.3. The summed E-state index contributed by atoms with van der Waals surface area (Å²) in [5.74, 6) is -1.35. The lowest BCUT2D eigenvalue weighted by atomic mass is 9.80. The smallest absolute Gasteiger partial charge is 0.336 e. The SMILES string of the molecule is COC(=O)C1=C(C)NC(C)=C(C(=O)OC)C1c1ccc(OC(=O)C=Cc2ccc(OC)cc2)cc1. The molecule has 0 atom stereocenters.